The molecule has 27 heavy (non-hydrogen) atoms. The second kappa shape index (κ2) is 7.25. The highest BCUT2D eigenvalue weighted by Gasteiger charge is 2.30. The number of amides is 1. The molecule has 1 unspecified atom stereocenters. The summed E-state index contributed by atoms with van der Waals surface area (Å²) in [4.78, 5) is 15.0. The predicted molar refractivity (Wildman–Crippen MR) is 102 cm³/mol. The van der Waals surface area contributed by atoms with Gasteiger partial charge in [0.05, 0.1) is 11.7 Å². The van der Waals surface area contributed by atoms with Crippen LogP contribution in [0.3, 0.4) is 0 Å². The van der Waals surface area contributed by atoms with Gasteiger partial charge in [0.15, 0.2) is 11.5 Å². The topological polar surface area (TPSA) is 56.6 Å². The molecule has 0 bridgehead atoms. The van der Waals surface area contributed by atoms with Gasteiger partial charge in [0.25, 0.3) is 0 Å². The summed E-state index contributed by atoms with van der Waals surface area (Å²) in [7, 11) is 1.95. The zero-order chi connectivity index (χ0) is 19.0. The lowest BCUT2D eigenvalue weighted by Gasteiger charge is -2.27. The molecule has 3 heterocycles. The van der Waals surface area contributed by atoms with E-state index in [0.717, 1.165) is 54.3 Å². The Morgan fingerprint density at radius 3 is 2.74 bits per heavy atom. The fourth-order valence-electron chi connectivity index (χ4n) is 4.23. The lowest BCUT2D eigenvalue weighted by atomic mass is 10.0. The monoisotopic (exact) mass is 369 g/mol. The normalized spacial score (nSPS) is 18.8. The highest BCUT2D eigenvalue weighted by atomic mass is 16.6. The number of hydrogen-bond donors (Lipinski definition) is 0. The van der Waals surface area contributed by atoms with Crippen molar-refractivity contribution in [3.8, 4) is 11.5 Å². The molecule has 1 fully saturated rings. The van der Waals surface area contributed by atoms with Crippen LogP contribution in [0.4, 0.5) is 0 Å². The van der Waals surface area contributed by atoms with Crippen LogP contribution in [0.5, 0.6) is 11.5 Å². The highest BCUT2D eigenvalue weighted by molar-refractivity contribution is 5.77. The van der Waals surface area contributed by atoms with Gasteiger partial charge in [0.2, 0.25) is 5.91 Å². The molecular weight excluding hydrogens is 342 g/mol. The van der Waals surface area contributed by atoms with E-state index < -0.39 is 0 Å². The number of aryl methyl sites for hydroxylation is 2. The van der Waals surface area contributed by atoms with Crippen LogP contribution in [-0.4, -0.2) is 40.3 Å². The van der Waals surface area contributed by atoms with E-state index in [4.69, 9.17) is 9.47 Å². The van der Waals surface area contributed by atoms with Crippen LogP contribution in [0.2, 0.25) is 0 Å². The van der Waals surface area contributed by atoms with Crippen molar-refractivity contribution in [3.63, 3.8) is 0 Å². The van der Waals surface area contributed by atoms with E-state index in [1.807, 2.05) is 35.7 Å². The largest absolute Gasteiger partial charge is 0.486 e. The van der Waals surface area contributed by atoms with Crippen molar-refractivity contribution in [1.82, 2.24) is 14.7 Å². The van der Waals surface area contributed by atoms with Gasteiger partial charge >= 0.3 is 0 Å². The van der Waals surface area contributed by atoms with E-state index in [0.29, 0.717) is 19.6 Å². The first kappa shape index (κ1) is 17.9. The molecule has 1 aromatic heterocycles. The molecule has 1 aromatic carbocycles. The summed E-state index contributed by atoms with van der Waals surface area (Å²) >= 11 is 0. The molecule has 1 amide bonds. The first-order valence-corrected chi connectivity index (χ1v) is 9.72. The smallest absolute Gasteiger partial charge is 0.223 e. The average Bonchev–Trinajstić information content (AvgIpc) is 3.25. The van der Waals surface area contributed by atoms with Gasteiger partial charge in [-0.1, -0.05) is 6.07 Å². The van der Waals surface area contributed by atoms with Gasteiger partial charge < -0.3 is 14.4 Å². The molecule has 2 aliphatic rings. The van der Waals surface area contributed by atoms with Crippen LogP contribution in [0.15, 0.2) is 18.2 Å². The van der Waals surface area contributed by atoms with E-state index in [-0.39, 0.29) is 11.9 Å². The van der Waals surface area contributed by atoms with Crippen LogP contribution in [0.25, 0.3) is 0 Å². The minimum atomic E-state index is 0.129. The number of rotatable bonds is 4. The molecule has 0 spiro atoms. The summed E-state index contributed by atoms with van der Waals surface area (Å²) in [6, 6.07) is 6.21. The zero-order valence-corrected chi connectivity index (χ0v) is 16.3. The predicted octanol–water partition coefficient (Wildman–Crippen LogP) is 3.10. The van der Waals surface area contributed by atoms with E-state index in [1.54, 1.807) is 0 Å². The maximum absolute atomic E-state index is 13.0. The van der Waals surface area contributed by atoms with Gasteiger partial charge in [-0.25, -0.2) is 0 Å². The van der Waals surface area contributed by atoms with Gasteiger partial charge in [0.1, 0.15) is 13.2 Å². The van der Waals surface area contributed by atoms with E-state index in [2.05, 4.69) is 18.1 Å². The number of fused-ring (bicyclic) bond motifs is 1. The van der Waals surface area contributed by atoms with Crippen LogP contribution < -0.4 is 9.47 Å². The maximum atomic E-state index is 13.0. The Morgan fingerprint density at radius 1 is 1.22 bits per heavy atom. The summed E-state index contributed by atoms with van der Waals surface area (Å²) < 4.78 is 13.2. The number of carbonyl (C=O) groups is 1. The Balaban J connectivity index is 1.47. The third kappa shape index (κ3) is 3.40. The summed E-state index contributed by atoms with van der Waals surface area (Å²) in [5.74, 6) is 1.80. The summed E-state index contributed by atoms with van der Waals surface area (Å²) in [6.07, 6.45) is 3.30. The fourth-order valence-corrected chi connectivity index (χ4v) is 4.23. The van der Waals surface area contributed by atoms with Gasteiger partial charge in [-0.15, -0.1) is 0 Å². The standard InChI is InChI=1S/C21H27N3O3/c1-14-17(15(2)23(3)22-14)7-9-21(25)24-10-4-5-18(24)16-6-8-19-20(13-16)27-12-11-26-19/h6,8,13,18H,4-5,7,9-12H2,1-3H3. The second-order valence-corrected chi connectivity index (χ2v) is 7.42. The van der Waals surface area contributed by atoms with Crippen molar-refractivity contribution in [2.24, 2.45) is 7.05 Å². The molecule has 2 aromatic rings. The number of nitrogens with zero attached hydrogens (tertiary/aromatic N) is 3. The molecule has 0 radical (unpaired) electrons. The summed E-state index contributed by atoms with van der Waals surface area (Å²) in [6.45, 7) is 6.07. The number of likely N-dealkylation sites (tertiary alicyclic amines) is 1. The van der Waals surface area contributed by atoms with Gasteiger partial charge in [-0.2, -0.15) is 5.10 Å². The zero-order valence-electron chi connectivity index (χ0n) is 16.3. The molecule has 2 aliphatic heterocycles. The average molecular weight is 369 g/mol. The van der Waals surface area contributed by atoms with Crippen molar-refractivity contribution in [2.75, 3.05) is 19.8 Å². The third-order valence-corrected chi connectivity index (χ3v) is 5.77. The Morgan fingerprint density at radius 2 is 2.00 bits per heavy atom. The van der Waals surface area contributed by atoms with Crippen molar-refractivity contribution in [1.29, 1.82) is 0 Å². The molecule has 0 N–H and O–H groups in total. The van der Waals surface area contributed by atoms with E-state index >= 15 is 0 Å². The molecule has 1 atom stereocenters. The van der Waals surface area contributed by atoms with Crippen molar-refractivity contribution in [2.45, 2.75) is 45.6 Å². The number of benzene rings is 1. The van der Waals surface area contributed by atoms with E-state index in [1.165, 1.54) is 5.56 Å². The molecule has 144 valence electrons. The first-order valence-electron chi connectivity index (χ1n) is 9.72. The highest BCUT2D eigenvalue weighted by Crippen LogP contribution is 2.38. The van der Waals surface area contributed by atoms with Gasteiger partial charge in [0, 0.05) is 25.7 Å². The van der Waals surface area contributed by atoms with Crippen LogP contribution >= 0.6 is 0 Å². The first-order chi connectivity index (χ1) is 13.0. The van der Waals surface area contributed by atoms with Crippen molar-refractivity contribution < 1.29 is 14.3 Å². The molecular formula is C21H27N3O3. The Labute approximate surface area is 160 Å². The Bertz CT molecular complexity index is 859. The lowest BCUT2D eigenvalue weighted by Crippen LogP contribution is -2.30. The Hall–Kier alpha value is -2.50. The van der Waals surface area contributed by atoms with Crippen molar-refractivity contribution >= 4 is 5.91 Å². The molecule has 6 nitrogen and oxygen atoms in total. The fraction of sp³-hybridized carbons (Fsp3) is 0.524. The molecule has 0 saturated carbocycles. The maximum Gasteiger partial charge on any atom is 0.223 e. The summed E-state index contributed by atoms with van der Waals surface area (Å²) in [5.41, 5.74) is 4.50. The molecule has 0 aliphatic carbocycles. The number of aromatic nitrogens is 2. The molecule has 1 saturated heterocycles. The van der Waals surface area contributed by atoms with Crippen LogP contribution in [0.1, 0.15) is 47.8 Å². The van der Waals surface area contributed by atoms with Crippen molar-refractivity contribution in [3.05, 3.63) is 40.7 Å². The lowest BCUT2D eigenvalue weighted by molar-refractivity contribution is -0.132. The quantitative estimate of drug-likeness (QED) is 0.831. The SMILES string of the molecule is Cc1nn(C)c(C)c1CCC(=O)N1CCCC1c1ccc2c(c1)OCCO2. The van der Waals surface area contributed by atoms with Crippen LogP contribution in [0, 0.1) is 13.8 Å². The summed E-state index contributed by atoms with van der Waals surface area (Å²) in [5, 5.41) is 4.46. The minimum absolute atomic E-state index is 0.129. The molecule has 4 rings (SSSR count). The van der Waals surface area contributed by atoms with Gasteiger partial charge in [-0.05, 0) is 56.4 Å². The minimum Gasteiger partial charge on any atom is -0.486 e. The molecule has 6 heteroatoms. The number of ether oxygens (including phenoxy) is 2. The van der Waals surface area contributed by atoms with Gasteiger partial charge in [-0.3, -0.25) is 9.48 Å². The second-order valence-electron chi connectivity index (χ2n) is 7.42. The third-order valence-electron chi connectivity index (χ3n) is 5.77. The van der Waals surface area contributed by atoms with Crippen LogP contribution in [-0.2, 0) is 18.3 Å². The Kier molecular flexibility index (Phi) is 4.81. The number of hydrogen-bond acceptors (Lipinski definition) is 4. The van der Waals surface area contributed by atoms with E-state index in [9.17, 15) is 4.79 Å². The number of carbonyl (C=O) groups excluding carboxylic acids is 1.